The third kappa shape index (κ3) is 7.90. The van der Waals surface area contributed by atoms with Gasteiger partial charge in [-0.1, -0.05) is 76.7 Å². The van der Waals surface area contributed by atoms with Crippen LogP contribution in [0.4, 0.5) is 0 Å². The first kappa shape index (κ1) is 41.4. The van der Waals surface area contributed by atoms with E-state index in [4.69, 9.17) is 9.97 Å². The molecule has 0 aliphatic carbocycles. The monoisotopic (exact) mass is 838 g/mol. The van der Waals surface area contributed by atoms with E-state index in [1.807, 2.05) is 24.3 Å². The molecule has 0 spiro atoms. The molecule has 7 aromatic rings. The summed E-state index contributed by atoms with van der Waals surface area (Å²) in [5.74, 6) is 6.95. The predicted molar refractivity (Wildman–Crippen MR) is 267 cm³/mol. The lowest BCUT2D eigenvalue weighted by Gasteiger charge is -2.14. The Morgan fingerprint density at radius 2 is 0.794 bits per heavy atom. The molecule has 3 aromatic heterocycles. The minimum atomic E-state index is 0.0483. The lowest BCUT2D eigenvalue weighted by Crippen LogP contribution is -1.95. The Morgan fingerprint density at radius 3 is 1.17 bits per heavy atom. The molecule has 2 N–H and O–H groups in total. The van der Waals surface area contributed by atoms with Gasteiger partial charge >= 0.3 is 0 Å². The summed E-state index contributed by atoms with van der Waals surface area (Å²) in [4.78, 5) is 31.5. The number of nitrogens with zero attached hydrogens (tertiary/aromatic N) is 2. The van der Waals surface area contributed by atoms with Crippen LogP contribution in [0.15, 0.2) is 89.8 Å². The van der Waals surface area contributed by atoms with Crippen molar-refractivity contribution in [3.8, 4) is 45.2 Å². The standard InChI is InChI=1S/C57H50N4OS/c1-31-25-34(4)52(35(5)26-31)55-46-19-17-44(58-46)43(16-13-41-11-14-42(15-12-41)63-40(10)62)45-18-20-47(59-45)56(53-36(6)27-32(2)28-37(53)7)49-22-24-51(61-49)57(50-23-21-48(55)60-50)54-38(8)29-33(3)30-39(54)9/h11-12,14-15,17-30,60-61H,1-10H3. The smallest absolute Gasteiger partial charge is 0.190 e. The first-order chi connectivity index (χ1) is 30.2. The largest absolute Gasteiger partial charge is 0.354 e. The van der Waals surface area contributed by atoms with E-state index in [1.165, 1.54) is 67.4 Å². The number of thioether (sulfide) groups is 1. The summed E-state index contributed by atoms with van der Waals surface area (Å²) in [6, 6.07) is 30.2. The molecule has 0 saturated carbocycles. The molecule has 2 aliphatic rings. The number of nitrogens with one attached hydrogen (secondary N) is 2. The van der Waals surface area contributed by atoms with Gasteiger partial charge in [-0.3, -0.25) is 4.79 Å². The summed E-state index contributed by atoms with van der Waals surface area (Å²) < 4.78 is 0. The van der Waals surface area contributed by atoms with Gasteiger partial charge in [0.05, 0.1) is 28.3 Å². The van der Waals surface area contributed by atoms with Crippen LogP contribution >= 0.6 is 11.8 Å². The van der Waals surface area contributed by atoms with Crippen molar-refractivity contribution in [1.82, 2.24) is 19.9 Å². The molecule has 5 nitrogen and oxygen atoms in total. The number of aromatic nitrogens is 4. The van der Waals surface area contributed by atoms with Gasteiger partial charge in [-0.05, 0) is 185 Å². The van der Waals surface area contributed by atoms with Gasteiger partial charge in [-0.2, -0.15) is 0 Å². The number of fused-ring (bicyclic) bond motifs is 8. The number of hydrogen-bond acceptors (Lipinski definition) is 4. The number of carbonyl (C=O) groups excluding carboxylic acids is 1. The first-order valence-corrected chi connectivity index (χ1v) is 22.3. The zero-order chi connectivity index (χ0) is 44.3. The Balaban J connectivity index is 1.46. The maximum Gasteiger partial charge on any atom is 0.190 e. The predicted octanol–water partition coefficient (Wildman–Crippen LogP) is 14.5. The van der Waals surface area contributed by atoms with Crippen LogP contribution in [0, 0.1) is 74.2 Å². The summed E-state index contributed by atoms with van der Waals surface area (Å²) in [6.07, 6.45) is 8.39. The van der Waals surface area contributed by atoms with Gasteiger partial charge in [-0.15, -0.1) is 0 Å². The SMILES string of the molecule is CC(=O)Sc1ccc(C#Cc2c3nc(c(-c4c(C)cc(C)cc4C)c4ccc([nH]4)c(-c4c(C)cc(C)cc4C)c4ccc([nH]4)c(-c4c(C)cc(C)cc4C)c4nc2C=C4)C=C3)cc1. The second-order valence-electron chi connectivity index (χ2n) is 17.2. The summed E-state index contributed by atoms with van der Waals surface area (Å²) in [5.41, 5.74) is 26.2. The zero-order valence-electron chi connectivity index (χ0n) is 37.6. The number of carbonyl (C=O) groups is 1. The number of benzene rings is 4. The normalized spacial score (nSPS) is 11.8. The Hall–Kier alpha value is -6.94. The van der Waals surface area contributed by atoms with Crippen molar-refractivity contribution >= 4 is 63.2 Å². The molecule has 0 fully saturated rings. The van der Waals surface area contributed by atoms with E-state index in [1.54, 1.807) is 6.92 Å². The number of hydrogen-bond donors (Lipinski definition) is 2. The molecule has 0 unspecified atom stereocenters. The van der Waals surface area contributed by atoms with Crippen LogP contribution in [0.2, 0.25) is 0 Å². The van der Waals surface area contributed by atoms with Gasteiger partial charge in [0, 0.05) is 56.1 Å². The highest BCUT2D eigenvalue weighted by atomic mass is 32.2. The minimum Gasteiger partial charge on any atom is -0.354 e. The fourth-order valence-corrected chi connectivity index (χ4v) is 10.4. The molecule has 5 heterocycles. The third-order valence-electron chi connectivity index (χ3n) is 12.0. The molecule has 63 heavy (non-hydrogen) atoms. The zero-order valence-corrected chi connectivity index (χ0v) is 38.4. The fourth-order valence-electron chi connectivity index (χ4n) is 9.76. The Morgan fingerprint density at radius 1 is 0.444 bits per heavy atom. The second-order valence-corrected chi connectivity index (χ2v) is 18.4. The van der Waals surface area contributed by atoms with Crippen LogP contribution in [-0.4, -0.2) is 25.1 Å². The highest BCUT2D eigenvalue weighted by Crippen LogP contribution is 2.41. The van der Waals surface area contributed by atoms with E-state index >= 15 is 0 Å². The average molecular weight is 839 g/mol. The maximum absolute atomic E-state index is 11.8. The van der Waals surface area contributed by atoms with Crippen LogP contribution in [0.25, 0.3) is 79.8 Å². The van der Waals surface area contributed by atoms with E-state index in [0.29, 0.717) is 0 Å². The molecule has 4 aromatic carbocycles. The van der Waals surface area contributed by atoms with Crippen molar-refractivity contribution in [3.63, 3.8) is 0 Å². The molecular formula is C57H50N4OS. The summed E-state index contributed by atoms with van der Waals surface area (Å²) >= 11 is 1.22. The van der Waals surface area contributed by atoms with Gasteiger partial charge < -0.3 is 9.97 Å². The Bertz CT molecular complexity index is 3150. The van der Waals surface area contributed by atoms with Gasteiger partial charge in [0.25, 0.3) is 0 Å². The topological polar surface area (TPSA) is 74.4 Å². The molecule has 0 saturated heterocycles. The first-order valence-electron chi connectivity index (χ1n) is 21.4. The summed E-state index contributed by atoms with van der Waals surface area (Å²) in [6.45, 7) is 21.2. The van der Waals surface area contributed by atoms with E-state index < -0.39 is 0 Å². The highest BCUT2D eigenvalue weighted by Gasteiger charge is 2.22. The number of H-pyrrole nitrogens is 2. The molecule has 8 bridgehead atoms. The lowest BCUT2D eigenvalue weighted by atomic mass is 9.92. The van der Waals surface area contributed by atoms with Crippen LogP contribution in [0.5, 0.6) is 0 Å². The quantitative estimate of drug-likeness (QED) is 0.137. The van der Waals surface area contributed by atoms with Crippen molar-refractivity contribution in [3.05, 3.63) is 169 Å². The molecule has 0 atom stereocenters. The van der Waals surface area contributed by atoms with Crippen molar-refractivity contribution in [1.29, 1.82) is 0 Å². The van der Waals surface area contributed by atoms with Crippen molar-refractivity contribution in [2.24, 2.45) is 0 Å². The Kier molecular flexibility index (Phi) is 10.8. The highest BCUT2D eigenvalue weighted by molar-refractivity contribution is 8.13. The molecule has 0 radical (unpaired) electrons. The Labute approximate surface area is 374 Å². The molecule has 6 heteroatoms. The van der Waals surface area contributed by atoms with Gasteiger partial charge in [0.2, 0.25) is 0 Å². The van der Waals surface area contributed by atoms with E-state index in [9.17, 15) is 4.79 Å². The van der Waals surface area contributed by atoms with Crippen molar-refractivity contribution < 1.29 is 4.79 Å². The average Bonchev–Trinajstić information content (AvgIpc) is 4.05. The van der Waals surface area contributed by atoms with Gasteiger partial charge in [0.15, 0.2) is 5.12 Å². The number of aryl methyl sites for hydroxylation is 9. The number of rotatable bonds is 4. The van der Waals surface area contributed by atoms with Gasteiger partial charge in [-0.25, -0.2) is 9.97 Å². The molecular weight excluding hydrogens is 789 g/mol. The van der Waals surface area contributed by atoms with Crippen LogP contribution < -0.4 is 0 Å². The fraction of sp³-hybridized carbons (Fsp3) is 0.175. The molecule has 310 valence electrons. The summed E-state index contributed by atoms with van der Waals surface area (Å²) in [5, 5.41) is 0.0483. The van der Waals surface area contributed by atoms with E-state index in [-0.39, 0.29) is 5.12 Å². The minimum absolute atomic E-state index is 0.0483. The van der Waals surface area contributed by atoms with E-state index in [2.05, 4.69) is 169 Å². The molecule has 2 aliphatic heterocycles. The molecule has 0 amide bonds. The molecule has 9 rings (SSSR count). The van der Waals surface area contributed by atoms with Crippen molar-refractivity contribution in [2.75, 3.05) is 0 Å². The second kappa shape index (κ2) is 16.4. The van der Waals surface area contributed by atoms with Gasteiger partial charge in [0.1, 0.15) is 0 Å². The van der Waals surface area contributed by atoms with Crippen LogP contribution in [0.3, 0.4) is 0 Å². The van der Waals surface area contributed by atoms with Crippen molar-refractivity contribution in [2.45, 2.75) is 74.1 Å². The third-order valence-corrected chi connectivity index (χ3v) is 12.8. The van der Waals surface area contributed by atoms with Crippen LogP contribution in [0.1, 0.15) is 90.9 Å². The van der Waals surface area contributed by atoms with Crippen LogP contribution in [-0.2, 0) is 4.79 Å². The van der Waals surface area contributed by atoms with E-state index in [0.717, 1.165) is 88.7 Å². The maximum atomic E-state index is 11.8. The summed E-state index contributed by atoms with van der Waals surface area (Å²) in [7, 11) is 0. The number of aromatic amines is 2. The lowest BCUT2D eigenvalue weighted by molar-refractivity contribution is -0.109.